The van der Waals surface area contributed by atoms with E-state index in [0.717, 1.165) is 16.9 Å². The molecule has 0 radical (unpaired) electrons. The number of nitrogens with one attached hydrogen (secondary N) is 1. The van der Waals surface area contributed by atoms with Gasteiger partial charge in [0, 0.05) is 24.5 Å². The fraction of sp³-hybridized carbons (Fsp3) is 0.417. The van der Waals surface area contributed by atoms with Crippen LogP contribution in [0.1, 0.15) is 44.2 Å². The van der Waals surface area contributed by atoms with Crippen molar-refractivity contribution < 1.29 is 14.3 Å². The minimum absolute atomic E-state index is 0.0478. The molecule has 0 spiro atoms. The summed E-state index contributed by atoms with van der Waals surface area (Å²) in [6.07, 6.45) is 1.44. The first-order chi connectivity index (χ1) is 14.4. The van der Waals surface area contributed by atoms with Gasteiger partial charge in [0.05, 0.1) is 6.61 Å². The molecule has 1 atom stereocenters. The first-order valence-corrected chi connectivity index (χ1v) is 10.8. The fourth-order valence-corrected chi connectivity index (χ4v) is 3.32. The van der Waals surface area contributed by atoms with E-state index in [1.165, 1.54) is 0 Å². The number of ether oxygens (including phenoxy) is 1. The Morgan fingerprint density at radius 1 is 1.07 bits per heavy atom. The molecule has 162 valence electrons. The highest BCUT2D eigenvalue weighted by Crippen LogP contribution is 2.17. The Bertz CT molecular complexity index is 806. The molecule has 0 saturated carbocycles. The summed E-state index contributed by atoms with van der Waals surface area (Å²) in [6, 6.07) is 14.7. The topological polar surface area (TPSA) is 58.6 Å². The Hall–Kier alpha value is -2.53. The molecule has 0 bridgehead atoms. The van der Waals surface area contributed by atoms with E-state index in [1.807, 2.05) is 45.0 Å². The van der Waals surface area contributed by atoms with Crippen molar-refractivity contribution in [1.29, 1.82) is 0 Å². The van der Waals surface area contributed by atoms with Gasteiger partial charge in [0.25, 0.3) is 0 Å². The third kappa shape index (κ3) is 7.38. The maximum absolute atomic E-state index is 13.1. The third-order valence-corrected chi connectivity index (χ3v) is 5.08. The molecular formula is C24H31ClN2O3. The summed E-state index contributed by atoms with van der Waals surface area (Å²) >= 11 is 5.88. The lowest BCUT2D eigenvalue weighted by molar-refractivity contribution is -0.141. The number of amides is 2. The van der Waals surface area contributed by atoms with Crippen molar-refractivity contribution in [2.45, 2.75) is 52.6 Å². The first-order valence-electron chi connectivity index (χ1n) is 10.5. The van der Waals surface area contributed by atoms with E-state index in [1.54, 1.807) is 29.2 Å². The zero-order valence-corrected chi connectivity index (χ0v) is 18.7. The quantitative estimate of drug-likeness (QED) is 0.523. The minimum atomic E-state index is -0.490. The average molecular weight is 431 g/mol. The van der Waals surface area contributed by atoms with Crippen molar-refractivity contribution in [1.82, 2.24) is 10.2 Å². The standard InChI is InChI=1S/C24H31ClN2O3/c1-4-22(24(29)26-5-2)27(17-19-10-8-18(3)9-11-19)23(28)7-6-16-30-21-14-12-20(25)13-15-21/h8-15,22H,4-7,16-17H2,1-3H3,(H,26,29)/t22-/m0/s1. The summed E-state index contributed by atoms with van der Waals surface area (Å²) in [6.45, 7) is 7.20. The highest BCUT2D eigenvalue weighted by molar-refractivity contribution is 6.30. The molecular weight excluding hydrogens is 400 g/mol. The number of likely N-dealkylation sites (N-methyl/N-ethyl adjacent to an activating group) is 1. The summed E-state index contributed by atoms with van der Waals surface area (Å²) < 4.78 is 5.69. The van der Waals surface area contributed by atoms with E-state index in [9.17, 15) is 9.59 Å². The number of carbonyl (C=O) groups excluding carboxylic acids is 2. The van der Waals surface area contributed by atoms with Gasteiger partial charge in [-0.1, -0.05) is 48.4 Å². The molecule has 30 heavy (non-hydrogen) atoms. The predicted molar refractivity (Wildman–Crippen MR) is 121 cm³/mol. The molecule has 1 N–H and O–H groups in total. The number of benzene rings is 2. The van der Waals surface area contributed by atoms with Crippen LogP contribution in [0.15, 0.2) is 48.5 Å². The lowest BCUT2D eigenvalue weighted by atomic mass is 10.1. The molecule has 6 heteroatoms. The molecule has 0 saturated heterocycles. The second-order valence-electron chi connectivity index (χ2n) is 7.23. The lowest BCUT2D eigenvalue weighted by Gasteiger charge is -2.30. The molecule has 2 amide bonds. The van der Waals surface area contributed by atoms with Gasteiger partial charge in [-0.2, -0.15) is 0 Å². The van der Waals surface area contributed by atoms with E-state index < -0.39 is 6.04 Å². The molecule has 0 aliphatic heterocycles. The second kappa shape index (κ2) is 12.2. The third-order valence-electron chi connectivity index (χ3n) is 4.83. The lowest BCUT2D eigenvalue weighted by Crippen LogP contribution is -2.49. The summed E-state index contributed by atoms with van der Waals surface area (Å²) in [7, 11) is 0. The van der Waals surface area contributed by atoms with Crippen LogP contribution < -0.4 is 10.1 Å². The van der Waals surface area contributed by atoms with Crippen LogP contribution in [0.25, 0.3) is 0 Å². The number of rotatable bonds is 11. The van der Waals surface area contributed by atoms with Gasteiger partial charge in [0.2, 0.25) is 11.8 Å². The SMILES string of the molecule is CCNC(=O)[C@H](CC)N(Cc1ccc(C)cc1)C(=O)CCCOc1ccc(Cl)cc1. The van der Waals surface area contributed by atoms with Crippen molar-refractivity contribution in [3.8, 4) is 5.75 Å². The zero-order chi connectivity index (χ0) is 21.9. The molecule has 0 heterocycles. The average Bonchev–Trinajstić information content (AvgIpc) is 2.74. The van der Waals surface area contributed by atoms with Gasteiger partial charge in [-0.3, -0.25) is 9.59 Å². The Balaban J connectivity index is 2.01. The summed E-state index contributed by atoms with van der Waals surface area (Å²) in [4.78, 5) is 27.3. The number of hydrogen-bond acceptors (Lipinski definition) is 3. The fourth-order valence-electron chi connectivity index (χ4n) is 3.19. The van der Waals surface area contributed by atoms with E-state index in [0.29, 0.717) is 44.0 Å². The molecule has 0 aliphatic rings. The summed E-state index contributed by atoms with van der Waals surface area (Å²) in [5.74, 6) is 0.559. The number of carbonyl (C=O) groups is 2. The van der Waals surface area contributed by atoms with Gasteiger partial charge in [-0.15, -0.1) is 0 Å². The molecule has 2 rings (SSSR count). The Kier molecular flexibility index (Phi) is 9.68. The normalized spacial score (nSPS) is 11.6. The van der Waals surface area contributed by atoms with Gasteiger partial charge in [0.15, 0.2) is 0 Å². The Morgan fingerprint density at radius 2 is 1.73 bits per heavy atom. The van der Waals surface area contributed by atoms with Crippen LogP contribution in [-0.4, -0.2) is 35.9 Å². The number of hydrogen-bond donors (Lipinski definition) is 1. The summed E-state index contributed by atoms with van der Waals surface area (Å²) in [5.41, 5.74) is 2.17. The predicted octanol–water partition coefficient (Wildman–Crippen LogP) is 4.75. The maximum Gasteiger partial charge on any atom is 0.242 e. The van der Waals surface area contributed by atoms with Crippen molar-refractivity contribution in [3.05, 3.63) is 64.7 Å². The van der Waals surface area contributed by atoms with Crippen LogP contribution >= 0.6 is 11.6 Å². The molecule has 0 unspecified atom stereocenters. The van der Waals surface area contributed by atoms with Crippen LogP contribution in [0.2, 0.25) is 5.02 Å². The highest BCUT2D eigenvalue weighted by Gasteiger charge is 2.27. The molecule has 0 fully saturated rings. The van der Waals surface area contributed by atoms with Gasteiger partial charge in [-0.25, -0.2) is 0 Å². The Morgan fingerprint density at radius 3 is 2.33 bits per heavy atom. The van der Waals surface area contributed by atoms with E-state index >= 15 is 0 Å². The van der Waals surface area contributed by atoms with Crippen LogP contribution in [0, 0.1) is 6.92 Å². The molecule has 0 aromatic heterocycles. The van der Waals surface area contributed by atoms with E-state index in [2.05, 4.69) is 5.32 Å². The zero-order valence-electron chi connectivity index (χ0n) is 18.0. The number of aryl methyl sites for hydroxylation is 1. The smallest absolute Gasteiger partial charge is 0.242 e. The molecule has 2 aromatic carbocycles. The first kappa shape index (κ1) is 23.7. The van der Waals surface area contributed by atoms with E-state index in [4.69, 9.17) is 16.3 Å². The van der Waals surface area contributed by atoms with Gasteiger partial charge in [0.1, 0.15) is 11.8 Å². The monoisotopic (exact) mass is 430 g/mol. The van der Waals surface area contributed by atoms with Gasteiger partial charge in [-0.05, 0) is 56.5 Å². The maximum atomic E-state index is 13.1. The van der Waals surface area contributed by atoms with Crippen molar-refractivity contribution in [2.24, 2.45) is 0 Å². The Labute approximate surface area is 184 Å². The van der Waals surface area contributed by atoms with Gasteiger partial charge < -0.3 is 15.0 Å². The van der Waals surface area contributed by atoms with Crippen LogP contribution in [0.4, 0.5) is 0 Å². The van der Waals surface area contributed by atoms with Crippen molar-refractivity contribution >= 4 is 23.4 Å². The van der Waals surface area contributed by atoms with Crippen LogP contribution in [0.3, 0.4) is 0 Å². The van der Waals surface area contributed by atoms with E-state index in [-0.39, 0.29) is 11.8 Å². The largest absolute Gasteiger partial charge is 0.494 e. The minimum Gasteiger partial charge on any atom is -0.494 e. The summed E-state index contributed by atoms with van der Waals surface area (Å²) in [5, 5.41) is 3.50. The molecule has 0 aliphatic carbocycles. The highest BCUT2D eigenvalue weighted by atomic mass is 35.5. The van der Waals surface area contributed by atoms with Gasteiger partial charge >= 0.3 is 0 Å². The number of nitrogens with zero attached hydrogens (tertiary/aromatic N) is 1. The second-order valence-corrected chi connectivity index (χ2v) is 7.67. The van der Waals surface area contributed by atoms with Crippen LogP contribution in [-0.2, 0) is 16.1 Å². The number of halogens is 1. The van der Waals surface area contributed by atoms with Crippen LogP contribution in [0.5, 0.6) is 5.75 Å². The van der Waals surface area contributed by atoms with Crippen molar-refractivity contribution in [3.63, 3.8) is 0 Å². The van der Waals surface area contributed by atoms with Crippen molar-refractivity contribution in [2.75, 3.05) is 13.2 Å². The molecule has 2 aromatic rings. The molecule has 5 nitrogen and oxygen atoms in total.